The Kier molecular flexibility index (Phi) is 3.93. The van der Waals surface area contributed by atoms with Crippen molar-refractivity contribution in [1.82, 2.24) is 13.8 Å². The fourth-order valence-corrected chi connectivity index (χ4v) is 3.71. The number of sulfonamides is 1. The van der Waals surface area contributed by atoms with Gasteiger partial charge in [-0.1, -0.05) is 0 Å². The number of fused-ring (bicyclic) bond motifs is 1. The first-order chi connectivity index (χ1) is 10.7. The molecule has 3 rings (SSSR count). The fourth-order valence-electron chi connectivity index (χ4n) is 2.70. The third-order valence-corrected chi connectivity index (χ3v) is 5.43. The molecule has 0 aromatic carbocycles. The van der Waals surface area contributed by atoms with E-state index in [1.54, 1.807) is 4.90 Å². The van der Waals surface area contributed by atoms with Crippen molar-refractivity contribution in [2.24, 2.45) is 0 Å². The third-order valence-electron chi connectivity index (χ3n) is 3.92. The number of ether oxygens (including phenoxy) is 1. The van der Waals surface area contributed by atoms with Gasteiger partial charge in [-0.05, 0) is 12.1 Å². The Morgan fingerprint density at radius 1 is 1.17 bits per heavy atom. The first-order valence-electron chi connectivity index (χ1n) is 6.98. The maximum atomic E-state index is 13.2. The van der Waals surface area contributed by atoms with Crippen LogP contribution in [0.5, 0.6) is 0 Å². The monoisotopic (exact) mass is 351 g/mol. The smallest absolute Gasteiger partial charge is 0.378 e. The van der Waals surface area contributed by atoms with Crippen molar-refractivity contribution in [1.29, 1.82) is 0 Å². The molecule has 6 nitrogen and oxygen atoms in total. The second-order valence-electron chi connectivity index (χ2n) is 5.42. The van der Waals surface area contributed by atoms with Crippen molar-refractivity contribution < 1.29 is 26.3 Å². The molecular weight excluding hydrogens is 335 g/mol. The highest BCUT2D eigenvalue weighted by Crippen LogP contribution is 2.35. The second-order valence-corrected chi connectivity index (χ2v) is 7.31. The molecule has 0 N–H and O–H groups in total. The van der Waals surface area contributed by atoms with Gasteiger partial charge in [-0.25, -0.2) is 8.42 Å². The van der Waals surface area contributed by atoms with E-state index in [0.717, 1.165) is 20.3 Å². The Labute approximate surface area is 131 Å². The molecule has 2 aliphatic heterocycles. The number of morpholine rings is 1. The summed E-state index contributed by atoms with van der Waals surface area (Å²) in [6.07, 6.45) is -4.55. The maximum absolute atomic E-state index is 13.2. The van der Waals surface area contributed by atoms with Crippen molar-refractivity contribution in [3.63, 3.8) is 0 Å². The highest BCUT2D eigenvalue weighted by atomic mass is 32.2. The summed E-state index contributed by atoms with van der Waals surface area (Å²) in [6, 6.07) is 2.30. The molecule has 23 heavy (non-hydrogen) atoms. The molecule has 0 atom stereocenters. The Hall–Kier alpha value is -1.52. The zero-order chi connectivity index (χ0) is 16.8. The van der Waals surface area contributed by atoms with Crippen molar-refractivity contribution in [2.75, 3.05) is 33.4 Å². The van der Waals surface area contributed by atoms with E-state index >= 15 is 0 Å². The van der Waals surface area contributed by atoms with Gasteiger partial charge in [0, 0.05) is 20.1 Å². The van der Waals surface area contributed by atoms with Crippen molar-refractivity contribution >= 4 is 15.7 Å². The van der Waals surface area contributed by atoms with E-state index in [9.17, 15) is 21.6 Å². The third kappa shape index (κ3) is 2.98. The van der Waals surface area contributed by atoms with Crippen LogP contribution in [0.15, 0.2) is 17.5 Å². The van der Waals surface area contributed by atoms with Crippen LogP contribution in [0.2, 0.25) is 0 Å². The van der Waals surface area contributed by atoms with Gasteiger partial charge < -0.3 is 14.2 Å². The summed E-state index contributed by atoms with van der Waals surface area (Å²) in [5.74, 6) is 0. The minimum absolute atomic E-state index is 0.243. The lowest BCUT2D eigenvalue weighted by Gasteiger charge is -2.30. The molecule has 2 aliphatic rings. The quantitative estimate of drug-likeness (QED) is 0.767. The molecule has 0 saturated carbocycles. The van der Waals surface area contributed by atoms with E-state index in [-0.39, 0.29) is 18.1 Å². The maximum Gasteiger partial charge on any atom is 0.431 e. The number of nitrogens with zero attached hydrogens (tertiary/aromatic N) is 3. The average molecular weight is 351 g/mol. The molecule has 0 unspecified atom stereocenters. The predicted molar refractivity (Wildman–Crippen MR) is 76.5 cm³/mol. The summed E-state index contributed by atoms with van der Waals surface area (Å²) in [5.41, 5.74) is -0.351. The number of rotatable bonds is 1. The molecule has 1 fully saturated rings. The Bertz CT molecular complexity index is 733. The lowest BCUT2D eigenvalue weighted by molar-refractivity contribution is -0.144. The number of halogens is 3. The number of hydrogen-bond donors (Lipinski definition) is 0. The van der Waals surface area contributed by atoms with Crippen LogP contribution in [0.1, 0.15) is 11.4 Å². The van der Waals surface area contributed by atoms with Crippen LogP contribution in [0.3, 0.4) is 0 Å². The molecule has 1 aromatic heterocycles. The second kappa shape index (κ2) is 5.53. The molecule has 10 heteroatoms. The number of hydrogen-bond acceptors (Lipinski definition) is 4. The Morgan fingerprint density at radius 2 is 1.83 bits per heavy atom. The highest BCUT2D eigenvalue weighted by Gasteiger charge is 2.38. The van der Waals surface area contributed by atoms with Crippen LogP contribution in [0, 0.1) is 0 Å². The SMILES string of the molecule is CN1Cn2c(ccc2C(F)(F)F)C(N2CCOCC2)=CS1(=O)=O. The normalized spacial score (nSPS) is 22.4. The topological polar surface area (TPSA) is 54.8 Å². The van der Waals surface area contributed by atoms with Crippen molar-refractivity contribution in [3.8, 4) is 0 Å². The van der Waals surface area contributed by atoms with E-state index in [1.165, 1.54) is 13.1 Å². The van der Waals surface area contributed by atoms with Gasteiger partial charge in [-0.15, -0.1) is 0 Å². The van der Waals surface area contributed by atoms with E-state index in [1.807, 2.05) is 0 Å². The summed E-state index contributed by atoms with van der Waals surface area (Å²) in [5, 5.41) is 1.04. The highest BCUT2D eigenvalue weighted by molar-refractivity contribution is 7.92. The van der Waals surface area contributed by atoms with E-state index in [2.05, 4.69) is 0 Å². The van der Waals surface area contributed by atoms with Crippen LogP contribution in [-0.4, -0.2) is 55.5 Å². The largest absolute Gasteiger partial charge is 0.431 e. The lowest BCUT2D eigenvalue weighted by atomic mass is 10.2. The summed E-state index contributed by atoms with van der Waals surface area (Å²) >= 11 is 0. The fraction of sp³-hybridized carbons (Fsp3) is 0.538. The minimum Gasteiger partial charge on any atom is -0.378 e. The van der Waals surface area contributed by atoms with Gasteiger partial charge in [0.15, 0.2) is 0 Å². The van der Waals surface area contributed by atoms with Crippen molar-refractivity contribution in [2.45, 2.75) is 12.8 Å². The zero-order valence-electron chi connectivity index (χ0n) is 12.4. The van der Waals surface area contributed by atoms with Gasteiger partial charge in [0.1, 0.15) is 5.69 Å². The van der Waals surface area contributed by atoms with Crippen LogP contribution in [0.4, 0.5) is 13.2 Å². The van der Waals surface area contributed by atoms with E-state index < -0.39 is 21.9 Å². The molecule has 0 bridgehead atoms. The van der Waals surface area contributed by atoms with Gasteiger partial charge in [0.25, 0.3) is 0 Å². The van der Waals surface area contributed by atoms with Crippen LogP contribution < -0.4 is 0 Å². The molecular formula is C13H16F3N3O3S. The Balaban J connectivity index is 2.15. The molecule has 0 spiro atoms. The van der Waals surface area contributed by atoms with Gasteiger partial charge in [-0.2, -0.15) is 17.5 Å². The minimum atomic E-state index is -4.55. The average Bonchev–Trinajstić information content (AvgIpc) is 2.85. The van der Waals surface area contributed by atoms with Crippen LogP contribution in [0.25, 0.3) is 5.70 Å². The summed E-state index contributed by atoms with van der Waals surface area (Å²) < 4.78 is 71.2. The molecule has 1 aromatic rings. The lowest BCUT2D eigenvalue weighted by Crippen LogP contribution is -2.35. The van der Waals surface area contributed by atoms with Gasteiger partial charge >= 0.3 is 6.18 Å². The predicted octanol–water partition coefficient (Wildman–Crippen LogP) is 1.37. The van der Waals surface area contributed by atoms with Crippen LogP contribution >= 0.6 is 0 Å². The van der Waals surface area contributed by atoms with E-state index in [0.29, 0.717) is 26.3 Å². The van der Waals surface area contributed by atoms with Crippen LogP contribution in [-0.2, 0) is 27.6 Å². The first kappa shape index (κ1) is 16.3. The van der Waals surface area contributed by atoms with Gasteiger partial charge in [0.05, 0.1) is 36.7 Å². The Morgan fingerprint density at radius 3 is 2.43 bits per heavy atom. The molecule has 0 amide bonds. The summed E-state index contributed by atoms with van der Waals surface area (Å²) in [7, 11) is -2.53. The molecule has 128 valence electrons. The number of aromatic nitrogens is 1. The molecule has 3 heterocycles. The summed E-state index contributed by atoms with van der Waals surface area (Å²) in [6.45, 7) is 1.28. The molecule has 0 radical (unpaired) electrons. The summed E-state index contributed by atoms with van der Waals surface area (Å²) in [4.78, 5) is 1.74. The number of alkyl halides is 3. The van der Waals surface area contributed by atoms with Gasteiger partial charge in [-0.3, -0.25) is 0 Å². The molecule has 0 aliphatic carbocycles. The standard InChI is InChI=1S/C13H16F3N3O3S/c1-17-9-19-10(2-3-12(19)13(14,15)16)11(8-23(17,20)21)18-4-6-22-7-5-18/h2-3,8H,4-7,9H2,1H3. The van der Waals surface area contributed by atoms with Crippen molar-refractivity contribution in [3.05, 3.63) is 28.9 Å². The first-order valence-corrected chi connectivity index (χ1v) is 8.48. The van der Waals surface area contributed by atoms with E-state index in [4.69, 9.17) is 4.74 Å². The van der Waals surface area contributed by atoms with Gasteiger partial charge in [0.2, 0.25) is 10.0 Å². The zero-order valence-corrected chi connectivity index (χ0v) is 13.2. The molecule has 1 saturated heterocycles.